The Balaban J connectivity index is 1.90. The highest BCUT2D eigenvalue weighted by Gasteiger charge is 2.50. The van der Waals surface area contributed by atoms with Gasteiger partial charge >= 0.3 is 0 Å². The number of hydrazone groups is 1. The van der Waals surface area contributed by atoms with Gasteiger partial charge in [0, 0.05) is 12.1 Å². The van der Waals surface area contributed by atoms with Crippen LogP contribution in [0.1, 0.15) is 42.1 Å². The van der Waals surface area contributed by atoms with Gasteiger partial charge in [0.1, 0.15) is 5.54 Å². The van der Waals surface area contributed by atoms with E-state index in [0.717, 1.165) is 29.8 Å². The fraction of sp³-hybridized carbons (Fsp3) is 0.240. The number of nitrogens with two attached hydrogens (primary N) is 1. The van der Waals surface area contributed by atoms with Gasteiger partial charge in [0.15, 0.2) is 0 Å². The summed E-state index contributed by atoms with van der Waals surface area (Å²) in [6, 6.07) is 29.5. The fourth-order valence-corrected chi connectivity index (χ4v) is 4.16. The Morgan fingerprint density at radius 3 is 2.04 bits per heavy atom. The highest BCUT2D eigenvalue weighted by Crippen LogP contribution is 2.45. The average molecular weight is 370 g/mol. The molecule has 0 saturated heterocycles. The molecule has 0 bridgehead atoms. The van der Waals surface area contributed by atoms with Crippen molar-refractivity contribution in [1.29, 1.82) is 0 Å². The first-order valence-corrected chi connectivity index (χ1v) is 10.0. The quantitative estimate of drug-likeness (QED) is 0.696. The minimum absolute atomic E-state index is 0.0546. The average Bonchev–Trinajstić information content (AvgIpc) is 3.08. The first kappa shape index (κ1) is 18.5. The lowest BCUT2D eigenvalue weighted by Crippen LogP contribution is -2.49. The van der Waals surface area contributed by atoms with Crippen LogP contribution in [0.3, 0.4) is 0 Å². The van der Waals surface area contributed by atoms with E-state index in [-0.39, 0.29) is 6.04 Å². The van der Waals surface area contributed by atoms with E-state index < -0.39 is 5.54 Å². The number of aryl methyl sites for hydroxylation is 1. The summed E-state index contributed by atoms with van der Waals surface area (Å²) in [5, 5.41) is 7.17. The molecule has 3 nitrogen and oxygen atoms in total. The predicted octanol–water partition coefficient (Wildman–Crippen LogP) is 4.88. The summed E-state index contributed by atoms with van der Waals surface area (Å²) in [5.41, 5.74) is 12.2. The molecule has 0 amide bonds. The van der Waals surface area contributed by atoms with Gasteiger partial charge in [-0.1, -0.05) is 91.9 Å². The lowest BCUT2D eigenvalue weighted by Gasteiger charge is -2.36. The van der Waals surface area contributed by atoms with Gasteiger partial charge in [0.25, 0.3) is 0 Å². The topological polar surface area (TPSA) is 41.6 Å². The largest absolute Gasteiger partial charge is 0.314 e. The minimum atomic E-state index is -0.730. The van der Waals surface area contributed by atoms with Crippen molar-refractivity contribution in [3.05, 3.63) is 107 Å². The Kier molecular flexibility index (Phi) is 5.01. The van der Waals surface area contributed by atoms with Gasteiger partial charge in [-0.05, 0) is 30.0 Å². The maximum Gasteiger partial charge on any atom is 0.113 e. The van der Waals surface area contributed by atoms with Crippen LogP contribution in [0.4, 0.5) is 0 Å². The van der Waals surface area contributed by atoms with Crippen LogP contribution in [0.5, 0.6) is 0 Å². The van der Waals surface area contributed by atoms with E-state index >= 15 is 0 Å². The van der Waals surface area contributed by atoms with Crippen LogP contribution in [-0.2, 0) is 12.0 Å². The molecule has 3 aromatic carbocycles. The monoisotopic (exact) mass is 369 g/mol. The molecular formula is C25H27N3. The molecule has 0 saturated carbocycles. The highest BCUT2D eigenvalue weighted by molar-refractivity contribution is 6.09. The van der Waals surface area contributed by atoms with Gasteiger partial charge in [-0.3, -0.25) is 5.01 Å². The fourth-order valence-electron chi connectivity index (χ4n) is 4.16. The molecule has 0 aliphatic carbocycles. The first-order valence-electron chi connectivity index (χ1n) is 10.0. The molecule has 0 fully saturated rings. The zero-order chi connectivity index (χ0) is 19.6. The van der Waals surface area contributed by atoms with Crippen LogP contribution in [0.25, 0.3) is 0 Å². The van der Waals surface area contributed by atoms with Crippen molar-refractivity contribution in [2.75, 3.05) is 6.54 Å². The molecule has 1 heterocycles. The van der Waals surface area contributed by atoms with Gasteiger partial charge in [0.2, 0.25) is 0 Å². The second-order valence-corrected chi connectivity index (χ2v) is 7.30. The number of hydrogen-bond acceptors (Lipinski definition) is 3. The van der Waals surface area contributed by atoms with E-state index in [9.17, 15) is 0 Å². The molecule has 3 heteroatoms. The maximum atomic E-state index is 7.30. The molecule has 2 N–H and O–H groups in total. The summed E-state index contributed by atoms with van der Waals surface area (Å²) >= 11 is 0. The lowest BCUT2D eigenvalue weighted by atomic mass is 9.75. The number of likely N-dealkylation sites (N-methyl/N-ethyl adjacent to an activating group) is 1. The van der Waals surface area contributed by atoms with E-state index in [2.05, 4.69) is 79.5 Å². The minimum Gasteiger partial charge on any atom is -0.314 e. The molecule has 0 spiro atoms. The Bertz CT molecular complexity index is 948. The van der Waals surface area contributed by atoms with E-state index in [0.29, 0.717) is 0 Å². The summed E-state index contributed by atoms with van der Waals surface area (Å²) in [4.78, 5) is 0. The highest BCUT2D eigenvalue weighted by atomic mass is 15.5. The molecule has 1 aliphatic rings. The molecule has 28 heavy (non-hydrogen) atoms. The zero-order valence-electron chi connectivity index (χ0n) is 16.5. The van der Waals surface area contributed by atoms with E-state index in [1.165, 1.54) is 11.1 Å². The molecule has 3 aromatic rings. The maximum absolute atomic E-state index is 7.30. The molecule has 4 rings (SSSR count). The number of hydrogen-bond donors (Lipinski definition) is 1. The Hall–Kier alpha value is -2.91. The second kappa shape index (κ2) is 7.61. The molecule has 2 atom stereocenters. The van der Waals surface area contributed by atoms with Crippen molar-refractivity contribution in [3.63, 3.8) is 0 Å². The smallest absolute Gasteiger partial charge is 0.113 e. The number of nitrogens with zero attached hydrogens (tertiary/aromatic N) is 2. The summed E-state index contributed by atoms with van der Waals surface area (Å²) < 4.78 is 0. The summed E-state index contributed by atoms with van der Waals surface area (Å²) in [6.07, 6.45) is 1.03. The van der Waals surface area contributed by atoms with Crippen LogP contribution in [0.15, 0.2) is 90.0 Å². The van der Waals surface area contributed by atoms with Crippen molar-refractivity contribution in [2.45, 2.75) is 31.8 Å². The summed E-state index contributed by atoms with van der Waals surface area (Å²) in [7, 11) is 0. The van der Waals surface area contributed by atoms with E-state index in [1.54, 1.807) is 0 Å². The first-order chi connectivity index (χ1) is 13.7. The lowest BCUT2D eigenvalue weighted by molar-refractivity contribution is 0.196. The van der Waals surface area contributed by atoms with Crippen LogP contribution in [-0.4, -0.2) is 17.3 Å². The predicted molar refractivity (Wildman–Crippen MR) is 116 cm³/mol. The van der Waals surface area contributed by atoms with E-state index in [4.69, 9.17) is 10.8 Å². The van der Waals surface area contributed by atoms with Crippen LogP contribution in [0.2, 0.25) is 0 Å². The molecule has 1 aliphatic heterocycles. The molecule has 142 valence electrons. The van der Waals surface area contributed by atoms with Crippen LogP contribution < -0.4 is 5.73 Å². The van der Waals surface area contributed by atoms with Gasteiger partial charge in [-0.2, -0.15) is 5.10 Å². The Morgan fingerprint density at radius 2 is 1.46 bits per heavy atom. The van der Waals surface area contributed by atoms with Crippen molar-refractivity contribution in [2.24, 2.45) is 10.8 Å². The van der Waals surface area contributed by atoms with Gasteiger partial charge < -0.3 is 5.73 Å². The van der Waals surface area contributed by atoms with Crippen LogP contribution in [0, 0.1) is 0 Å². The third-order valence-corrected chi connectivity index (χ3v) is 5.68. The summed E-state index contributed by atoms with van der Waals surface area (Å²) in [6.45, 7) is 5.11. The third-order valence-electron chi connectivity index (χ3n) is 5.68. The number of rotatable bonds is 5. The van der Waals surface area contributed by atoms with Gasteiger partial charge in [-0.15, -0.1) is 0 Å². The molecular weight excluding hydrogens is 342 g/mol. The van der Waals surface area contributed by atoms with Crippen molar-refractivity contribution < 1.29 is 0 Å². The SMILES string of the molecule is CCc1ccc(C2N(CC)N=C(c3ccccc3)C2(N)c2ccccc2)cc1. The second-order valence-electron chi connectivity index (χ2n) is 7.30. The van der Waals surface area contributed by atoms with Gasteiger partial charge in [-0.25, -0.2) is 0 Å². The van der Waals surface area contributed by atoms with Crippen molar-refractivity contribution in [3.8, 4) is 0 Å². The molecule has 0 aromatic heterocycles. The van der Waals surface area contributed by atoms with Crippen molar-refractivity contribution >= 4 is 5.71 Å². The Morgan fingerprint density at radius 1 is 0.857 bits per heavy atom. The van der Waals surface area contributed by atoms with Gasteiger partial charge in [0.05, 0.1) is 11.8 Å². The number of benzene rings is 3. The Labute approximate surface area is 167 Å². The molecule has 2 unspecified atom stereocenters. The zero-order valence-corrected chi connectivity index (χ0v) is 16.5. The van der Waals surface area contributed by atoms with Crippen LogP contribution >= 0.6 is 0 Å². The van der Waals surface area contributed by atoms with E-state index in [1.807, 2.05) is 24.3 Å². The normalized spacial score (nSPS) is 21.6. The third kappa shape index (κ3) is 3.02. The standard InChI is InChI=1S/C25H27N3/c1-3-19-15-17-21(18-16-19)24-25(26,22-13-9-6-10-14-22)23(27-28(24)4-2)20-11-7-5-8-12-20/h5-18,24H,3-4,26H2,1-2H3. The van der Waals surface area contributed by atoms with Crippen molar-refractivity contribution in [1.82, 2.24) is 5.01 Å². The summed E-state index contributed by atoms with van der Waals surface area (Å²) in [5.74, 6) is 0. The molecule has 0 radical (unpaired) electrons.